The molecule has 0 saturated carbocycles. The normalized spacial score (nSPS) is 11.9. The molecule has 0 fully saturated rings. The molecule has 0 spiro atoms. The van der Waals surface area contributed by atoms with Crippen LogP contribution in [0.2, 0.25) is 34.5 Å². The molecule has 6 aromatic rings. The second-order valence-electron chi connectivity index (χ2n) is 15.2. The van der Waals surface area contributed by atoms with Crippen LogP contribution in [0.1, 0.15) is 44.7 Å². The van der Waals surface area contributed by atoms with E-state index >= 15 is 0 Å². The van der Waals surface area contributed by atoms with Crippen molar-refractivity contribution >= 4 is 57.3 Å². The van der Waals surface area contributed by atoms with Gasteiger partial charge in [-0.1, -0.05) is 0 Å². The molecule has 1 radical (unpaired) electrons. The molecular formula is C41H48Ge2IrN2O-2. The first-order valence-corrected chi connectivity index (χ1v) is 31.2. The van der Waals surface area contributed by atoms with Crippen molar-refractivity contribution in [2.24, 2.45) is 5.92 Å². The summed E-state index contributed by atoms with van der Waals surface area (Å²) in [6.07, 6.45) is 5.16. The summed E-state index contributed by atoms with van der Waals surface area (Å²) in [5.74, 6) is 15.7. The topological polar surface area (TPSA) is 38.9 Å². The molecule has 247 valence electrons. The molecule has 0 unspecified atom stereocenters. The summed E-state index contributed by atoms with van der Waals surface area (Å²) < 4.78 is 9.12. The maximum absolute atomic E-state index is 6.12. The summed E-state index contributed by atoms with van der Waals surface area (Å²) in [6, 6.07) is 32.1. The zero-order chi connectivity index (χ0) is 33.2. The second-order valence-corrected chi connectivity index (χ2v) is 36.4. The van der Waals surface area contributed by atoms with Gasteiger partial charge in [0.2, 0.25) is 0 Å². The Balaban J connectivity index is 0.000000216. The Morgan fingerprint density at radius 3 is 2.11 bits per heavy atom. The largest absolute Gasteiger partial charge is 0 e. The molecule has 47 heavy (non-hydrogen) atoms. The van der Waals surface area contributed by atoms with Crippen molar-refractivity contribution in [3.63, 3.8) is 0 Å². The van der Waals surface area contributed by atoms with Crippen LogP contribution in [0, 0.1) is 18.1 Å². The van der Waals surface area contributed by atoms with Crippen molar-refractivity contribution in [3.8, 4) is 22.5 Å². The van der Waals surface area contributed by atoms with E-state index in [2.05, 4.69) is 134 Å². The maximum Gasteiger partial charge on any atom is 0 e. The monoisotopic (exact) mass is 925 g/mol. The SMILES string of the molecule is CC(C)Cc1cc(-c2[c-]cccc2)nc[c]1[Ge]([CH3])([CH3])[CH3].CC(C)c1ccnc(-c2[c-]cc3oc4c[c]([Ge]([CH3])([CH3])[CH3])ccc4c3c2)c1.[Ir]. The van der Waals surface area contributed by atoms with Gasteiger partial charge in [-0.15, -0.1) is 0 Å². The predicted octanol–water partition coefficient (Wildman–Crippen LogP) is 10.4. The quantitative estimate of drug-likeness (QED) is 0.118. The smallest absolute Gasteiger partial charge is 0 e. The number of fused-ring (bicyclic) bond motifs is 3. The van der Waals surface area contributed by atoms with Gasteiger partial charge < -0.3 is 0 Å². The Kier molecular flexibility index (Phi) is 12.2. The van der Waals surface area contributed by atoms with E-state index in [0.29, 0.717) is 11.8 Å². The molecule has 3 aromatic heterocycles. The molecule has 0 atom stereocenters. The number of hydrogen-bond donors (Lipinski definition) is 0. The minimum Gasteiger partial charge on any atom is 0 e. The molecule has 6 rings (SSSR count). The van der Waals surface area contributed by atoms with Crippen LogP contribution in [-0.4, -0.2) is 36.5 Å². The first-order valence-electron chi connectivity index (χ1n) is 16.5. The standard InChI is InChI=1S/C23H24GeNO.C18H24GeN.Ir/c1-15(2)16-10-11-25-21(13-16)17-6-9-22-20(12-17)19-8-7-18(24(3,4)5)14-23(19)26-22;1-14(2)11-16-12-18(15-9-7-6-8-10-15)20-13-17(16)19(3,4)5;/h7-15H,1-5H3;6-9,12-14H,11H2,1-5H3;/q2*-1;. The average molecular weight is 922 g/mol. The van der Waals surface area contributed by atoms with E-state index in [4.69, 9.17) is 9.40 Å². The van der Waals surface area contributed by atoms with E-state index in [9.17, 15) is 0 Å². The number of benzene rings is 3. The van der Waals surface area contributed by atoms with Gasteiger partial charge >= 0.3 is 283 Å². The second kappa shape index (κ2) is 15.4. The van der Waals surface area contributed by atoms with Crippen LogP contribution >= 0.6 is 0 Å². The summed E-state index contributed by atoms with van der Waals surface area (Å²) >= 11 is -3.73. The van der Waals surface area contributed by atoms with E-state index in [-0.39, 0.29) is 20.1 Å². The first kappa shape index (κ1) is 37.3. The number of rotatable bonds is 7. The zero-order valence-electron chi connectivity index (χ0n) is 29.6. The van der Waals surface area contributed by atoms with Gasteiger partial charge in [0.25, 0.3) is 0 Å². The molecule has 0 aliphatic carbocycles. The van der Waals surface area contributed by atoms with Crippen molar-refractivity contribution in [2.75, 3.05) is 0 Å². The number of furan rings is 1. The van der Waals surface area contributed by atoms with Gasteiger partial charge in [-0.25, -0.2) is 0 Å². The Hall–Kier alpha value is -2.50. The summed E-state index contributed by atoms with van der Waals surface area (Å²) in [4.78, 5) is 9.25. The summed E-state index contributed by atoms with van der Waals surface area (Å²) in [5.41, 5.74) is 8.78. The zero-order valence-corrected chi connectivity index (χ0v) is 36.2. The molecule has 0 bridgehead atoms. The van der Waals surface area contributed by atoms with Crippen molar-refractivity contribution in [1.82, 2.24) is 9.97 Å². The molecule has 0 aliphatic rings. The molecule has 0 saturated heterocycles. The third-order valence-electron chi connectivity index (χ3n) is 8.41. The van der Waals surface area contributed by atoms with Crippen molar-refractivity contribution in [1.29, 1.82) is 0 Å². The minimum absolute atomic E-state index is 0. The van der Waals surface area contributed by atoms with E-state index in [0.717, 1.165) is 45.5 Å². The number of hydrogen-bond acceptors (Lipinski definition) is 3. The summed E-state index contributed by atoms with van der Waals surface area (Å²) in [6.45, 7) is 8.97. The fourth-order valence-electron chi connectivity index (χ4n) is 5.77. The van der Waals surface area contributed by atoms with Crippen LogP contribution in [0.15, 0.2) is 89.6 Å². The van der Waals surface area contributed by atoms with Gasteiger partial charge in [0, 0.05) is 20.1 Å². The fraction of sp³-hybridized carbons (Fsp3) is 0.317. The summed E-state index contributed by atoms with van der Waals surface area (Å²) in [5, 5.41) is 2.31. The Morgan fingerprint density at radius 2 is 1.47 bits per heavy atom. The van der Waals surface area contributed by atoms with E-state index in [1.165, 1.54) is 20.9 Å². The maximum atomic E-state index is 6.12. The van der Waals surface area contributed by atoms with Crippen molar-refractivity contribution < 1.29 is 24.5 Å². The number of nitrogens with zero attached hydrogens (tertiary/aromatic N) is 2. The van der Waals surface area contributed by atoms with Crippen LogP contribution in [0.5, 0.6) is 0 Å². The minimum atomic E-state index is -1.87. The predicted molar refractivity (Wildman–Crippen MR) is 203 cm³/mol. The van der Waals surface area contributed by atoms with Crippen LogP contribution < -0.4 is 8.79 Å². The third-order valence-corrected chi connectivity index (χ3v) is 17.0. The van der Waals surface area contributed by atoms with Crippen LogP contribution in [0.4, 0.5) is 0 Å². The van der Waals surface area contributed by atoms with Crippen LogP contribution in [0.25, 0.3) is 44.5 Å². The average Bonchev–Trinajstić information content (AvgIpc) is 3.38. The molecule has 6 heteroatoms. The molecule has 3 nitrogen and oxygen atoms in total. The van der Waals surface area contributed by atoms with Crippen molar-refractivity contribution in [3.05, 3.63) is 108 Å². The Labute approximate surface area is 301 Å². The van der Waals surface area contributed by atoms with E-state index in [1.807, 2.05) is 30.5 Å². The van der Waals surface area contributed by atoms with E-state index < -0.39 is 26.5 Å². The van der Waals surface area contributed by atoms with E-state index in [1.54, 1.807) is 4.40 Å². The van der Waals surface area contributed by atoms with Gasteiger partial charge in [0.1, 0.15) is 0 Å². The van der Waals surface area contributed by atoms with Gasteiger partial charge in [0.05, 0.1) is 0 Å². The van der Waals surface area contributed by atoms with Crippen LogP contribution in [-0.2, 0) is 26.5 Å². The molecule has 0 aliphatic heterocycles. The Bertz CT molecular complexity index is 1950. The van der Waals surface area contributed by atoms with Gasteiger partial charge in [-0.3, -0.25) is 0 Å². The molecule has 3 aromatic carbocycles. The Morgan fingerprint density at radius 1 is 0.723 bits per heavy atom. The third kappa shape index (κ3) is 9.14. The van der Waals surface area contributed by atoms with Crippen molar-refractivity contribution in [2.45, 2.75) is 74.6 Å². The van der Waals surface area contributed by atoms with Gasteiger partial charge in [-0.2, -0.15) is 0 Å². The number of aromatic nitrogens is 2. The summed E-state index contributed by atoms with van der Waals surface area (Å²) in [7, 11) is 0. The number of pyridine rings is 2. The first-order chi connectivity index (χ1) is 21.7. The van der Waals surface area contributed by atoms with Gasteiger partial charge in [0.15, 0.2) is 0 Å². The fourth-order valence-corrected chi connectivity index (χ4v) is 11.5. The van der Waals surface area contributed by atoms with Crippen LogP contribution in [0.3, 0.4) is 0 Å². The molecule has 3 heterocycles. The molecule has 0 amide bonds. The molecule has 0 N–H and O–H groups in total. The molecular weight excluding hydrogens is 874 g/mol. The van der Waals surface area contributed by atoms with Gasteiger partial charge in [-0.05, 0) is 0 Å².